The van der Waals surface area contributed by atoms with Gasteiger partial charge in [-0.3, -0.25) is 0 Å². The summed E-state index contributed by atoms with van der Waals surface area (Å²) in [5.41, 5.74) is -0.978. The van der Waals surface area contributed by atoms with Crippen molar-refractivity contribution in [1.29, 1.82) is 0 Å². The normalized spacial score (nSPS) is 13.8. The Balaban J connectivity index is 2.80. The van der Waals surface area contributed by atoms with Crippen LogP contribution in [0.1, 0.15) is 41.5 Å². The average Bonchev–Trinajstić information content (AvgIpc) is 2.73. The lowest BCUT2D eigenvalue weighted by Gasteiger charge is -2.32. The van der Waals surface area contributed by atoms with Crippen LogP contribution in [0.5, 0.6) is 5.88 Å². The molecule has 0 saturated carbocycles. The number of carbonyl (C=O) groups is 1. The van der Waals surface area contributed by atoms with E-state index in [4.69, 9.17) is 9.47 Å². The number of hydrogen-bond donors (Lipinski definition) is 0. The van der Waals surface area contributed by atoms with E-state index in [1.54, 1.807) is 12.3 Å². The van der Waals surface area contributed by atoms with E-state index in [0.717, 1.165) is 14.9 Å². The second-order valence-corrected chi connectivity index (χ2v) is 8.14. The summed E-state index contributed by atoms with van der Waals surface area (Å²) in [4.78, 5) is 11.9. The van der Waals surface area contributed by atoms with Crippen LogP contribution in [0.3, 0.4) is 0 Å². The Kier molecular flexibility index (Phi) is 5.04. The summed E-state index contributed by atoms with van der Waals surface area (Å²) >= 11 is 0. The molecule has 0 aromatic carbocycles. The van der Waals surface area contributed by atoms with Crippen LogP contribution in [-0.2, 0) is 4.74 Å². The SMILES string of the molecule is C=C([SiH3])C(C)C(C)(C)Oc1ccn(C(=O)OC(C)(C)C)n1. The number of hydrogen-bond acceptors (Lipinski definition) is 4. The molecule has 0 saturated heterocycles. The first kappa shape index (κ1) is 17.5. The van der Waals surface area contributed by atoms with Gasteiger partial charge in [-0.05, 0) is 34.6 Å². The molecule has 0 radical (unpaired) electrons. The van der Waals surface area contributed by atoms with Gasteiger partial charge in [0.25, 0.3) is 0 Å². The minimum Gasteiger partial charge on any atom is -0.470 e. The first-order chi connectivity index (χ1) is 9.42. The smallest absolute Gasteiger partial charge is 0.435 e. The van der Waals surface area contributed by atoms with E-state index < -0.39 is 17.3 Å². The standard InChI is InChI=1S/C15H26N2O3Si/c1-10(11(2)21)15(6,7)19-12-8-9-17(16-12)13(18)20-14(3,4)5/h8-10H,2H2,1,3-7,21H3. The average molecular weight is 310 g/mol. The van der Waals surface area contributed by atoms with Gasteiger partial charge < -0.3 is 9.47 Å². The summed E-state index contributed by atoms with van der Waals surface area (Å²) in [6.45, 7) is 15.5. The Hall–Kier alpha value is -1.56. The Morgan fingerprint density at radius 2 is 1.95 bits per heavy atom. The molecule has 118 valence electrons. The maximum Gasteiger partial charge on any atom is 0.435 e. The fourth-order valence-corrected chi connectivity index (χ4v) is 2.42. The molecule has 1 atom stereocenters. The van der Waals surface area contributed by atoms with E-state index >= 15 is 0 Å². The second-order valence-electron chi connectivity index (χ2n) is 6.85. The molecule has 1 aromatic heterocycles. The highest BCUT2D eigenvalue weighted by Crippen LogP contribution is 2.27. The summed E-state index contributed by atoms with van der Waals surface area (Å²) in [5, 5.41) is 5.30. The Bertz CT molecular complexity index is 529. The van der Waals surface area contributed by atoms with Crippen molar-refractivity contribution in [3.8, 4) is 5.88 Å². The molecule has 0 fully saturated rings. The molecule has 5 nitrogen and oxygen atoms in total. The van der Waals surface area contributed by atoms with Gasteiger partial charge in [0.15, 0.2) is 0 Å². The van der Waals surface area contributed by atoms with Crippen LogP contribution in [0.4, 0.5) is 4.79 Å². The monoisotopic (exact) mass is 310 g/mol. The minimum atomic E-state index is -0.553. The fraction of sp³-hybridized carbons (Fsp3) is 0.600. The summed E-state index contributed by atoms with van der Waals surface area (Å²) < 4.78 is 12.3. The third-order valence-corrected chi connectivity index (χ3v) is 4.16. The van der Waals surface area contributed by atoms with Gasteiger partial charge in [0.1, 0.15) is 11.2 Å². The lowest BCUT2D eigenvalue weighted by Crippen LogP contribution is -2.37. The Morgan fingerprint density at radius 1 is 1.38 bits per heavy atom. The van der Waals surface area contributed by atoms with E-state index in [0.29, 0.717) is 5.88 Å². The van der Waals surface area contributed by atoms with Crippen LogP contribution in [0, 0.1) is 5.92 Å². The molecule has 1 heterocycles. The second kappa shape index (κ2) is 6.05. The molecule has 0 aliphatic heterocycles. The van der Waals surface area contributed by atoms with Crippen LogP contribution in [0.2, 0.25) is 0 Å². The fourth-order valence-electron chi connectivity index (χ4n) is 1.72. The number of carbonyl (C=O) groups excluding carboxylic acids is 1. The first-order valence-corrected chi connectivity index (χ1v) is 8.06. The molecule has 0 N–H and O–H groups in total. The maximum atomic E-state index is 11.9. The van der Waals surface area contributed by atoms with Gasteiger partial charge in [-0.1, -0.05) is 12.1 Å². The highest BCUT2D eigenvalue weighted by atomic mass is 28.1. The van der Waals surface area contributed by atoms with Crippen LogP contribution in [0.25, 0.3) is 0 Å². The van der Waals surface area contributed by atoms with Gasteiger partial charge in [-0.2, -0.15) is 4.68 Å². The van der Waals surface area contributed by atoms with Crippen molar-refractivity contribution in [3.05, 3.63) is 24.0 Å². The summed E-state index contributed by atoms with van der Waals surface area (Å²) in [6, 6.07) is 1.66. The lowest BCUT2D eigenvalue weighted by molar-refractivity contribution is 0.0479. The van der Waals surface area contributed by atoms with Crippen molar-refractivity contribution in [1.82, 2.24) is 9.78 Å². The topological polar surface area (TPSA) is 53.4 Å². The molecular weight excluding hydrogens is 284 g/mol. The van der Waals surface area contributed by atoms with Crippen LogP contribution in [-0.4, -0.2) is 37.3 Å². The molecule has 1 unspecified atom stereocenters. The molecule has 1 aromatic rings. The predicted octanol–water partition coefficient (Wildman–Crippen LogP) is 2.34. The number of aromatic nitrogens is 2. The number of rotatable bonds is 4. The van der Waals surface area contributed by atoms with Crippen molar-refractivity contribution in [2.75, 3.05) is 0 Å². The molecular formula is C15H26N2O3Si. The van der Waals surface area contributed by atoms with E-state index in [1.165, 1.54) is 5.20 Å². The zero-order valence-corrected chi connectivity index (χ0v) is 16.1. The van der Waals surface area contributed by atoms with Gasteiger partial charge >= 0.3 is 6.09 Å². The van der Waals surface area contributed by atoms with E-state index in [2.05, 4.69) is 18.6 Å². The lowest BCUT2D eigenvalue weighted by atomic mass is 9.92. The highest BCUT2D eigenvalue weighted by Gasteiger charge is 2.29. The Morgan fingerprint density at radius 3 is 2.43 bits per heavy atom. The summed E-state index contributed by atoms with van der Waals surface area (Å²) in [7, 11) is 0.924. The van der Waals surface area contributed by atoms with E-state index in [9.17, 15) is 4.79 Å². The minimum absolute atomic E-state index is 0.218. The summed E-state index contributed by atoms with van der Waals surface area (Å²) in [5.74, 6) is 0.622. The molecule has 6 heteroatoms. The molecule has 0 bridgehead atoms. The van der Waals surface area contributed by atoms with Crippen molar-refractivity contribution >= 4 is 16.3 Å². The van der Waals surface area contributed by atoms with Crippen molar-refractivity contribution in [2.24, 2.45) is 5.92 Å². The van der Waals surface area contributed by atoms with Crippen LogP contribution < -0.4 is 4.74 Å². The van der Waals surface area contributed by atoms with E-state index in [1.807, 2.05) is 34.6 Å². The number of nitrogens with zero attached hydrogens (tertiary/aromatic N) is 2. The predicted molar refractivity (Wildman–Crippen MR) is 86.8 cm³/mol. The van der Waals surface area contributed by atoms with Crippen molar-refractivity contribution < 1.29 is 14.3 Å². The summed E-state index contributed by atoms with van der Waals surface area (Å²) in [6.07, 6.45) is 1.02. The van der Waals surface area contributed by atoms with Crippen molar-refractivity contribution in [2.45, 2.75) is 52.7 Å². The van der Waals surface area contributed by atoms with Gasteiger partial charge in [0.05, 0.1) is 0 Å². The number of ether oxygens (including phenoxy) is 2. The Labute approximate surface area is 129 Å². The van der Waals surface area contributed by atoms with Crippen LogP contribution >= 0.6 is 0 Å². The molecule has 0 spiro atoms. The third-order valence-electron chi connectivity index (χ3n) is 3.29. The quantitative estimate of drug-likeness (QED) is 0.801. The third kappa shape index (κ3) is 5.04. The van der Waals surface area contributed by atoms with Crippen molar-refractivity contribution in [3.63, 3.8) is 0 Å². The highest BCUT2D eigenvalue weighted by molar-refractivity contribution is 6.21. The largest absolute Gasteiger partial charge is 0.470 e. The first-order valence-electron chi connectivity index (χ1n) is 7.06. The van der Waals surface area contributed by atoms with Gasteiger partial charge in [0.2, 0.25) is 5.88 Å². The molecule has 0 amide bonds. The zero-order chi connectivity index (χ0) is 16.4. The zero-order valence-electron chi connectivity index (χ0n) is 14.1. The maximum absolute atomic E-state index is 11.9. The molecule has 1 rings (SSSR count). The van der Waals surface area contributed by atoms with Gasteiger partial charge in [-0.15, -0.1) is 11.7 Å². The molecule has 0 aliphatic carbocycles. The van der Waals surface area contributed by atoms with Gasteiger partial charge in [0, 0.05) is 28.4 Å². The molecule has 21 heavy (non-hydrogen) atoms. The van der Waals surface area contributed by atoms with E-state index in [-0.39, 0.29) is 5.92 Å². The van der Waals surface area contributed by atoms with Gasteiger partial charge in [-0.25, -0.2) is 4.79 Å². The van der Waals surface area contributed by atoms with Crippen LogP contribution in [0.15, 0.2) is 24.0 Å². The molecule has 0 aliphatic rings.